The number of carboxylic acids is 1. The van der Waals surface area contributed by atoms with Crippen LogP contribution in [-0.4, -0.2) is 52.3 Å². The highest BCUT2D eigenvalue weighted by molar-refractivity contribution is 5.83. The molecule has 1 aliphatic rings. The molecule has 0 bridgehead atoms. The number of aliphatic hydroxyl groups excluding tert-OH is 1. The van der Waals surface area contributed by atoms with Crippen LogP contribution in [-0.2, 0) is 4.79 Å². The van der Waals surface area contributed by atoms with Crippen molar-refractivity contribution in [1.29, 1.82) is 0 Å². The minimum absolute atomic E-state index is 0.158. The molecule has 0 radical (unpaired) electrons. The van der Waals surface area contributed by atoms with Crippen molar-refractivity contribution < 1.29 is 19.8 Å². The summed E-state index contributed by atoms with van der Waals surface area (Å²) in [4.78, 5) is 24.5. The Morgan fingerprint density at radius 3 is 2.16 bits per heavy atom. The lowest BCUT2D eigenvalue weighted by Crippen LogP contribution is -2.53. The molecule has 1 saturated carbocycles. The Bertz CT molecular complexity index is 312. The number of carbonyl (C=O) groups is 2. The van der Waals surface area contributed by atoms with Crippen LogP contribution in [0.4, 0.5) is 4.79 Å². The van der Waals surface area contributed by atoms with Gasteiger partial charge < -0.3 is 20.4 Å². The normalized spacial score (nSPS) is 20.2. The van der Waals surface area contributed by atoms with Crippen LogP contribution >= 0.6 is 0 Å². The smallest absolute Gasteiger partial charge is 0.328 e. The number of rotatable bonds is 4. The Morgan fingerprint density at radius 1 is 1.21 bits per heavy atom. The van der Waals surface area contributed by atoms with E-state index in [-0.39, 0.29) is 6.04 Å². The lowest BCUT2D eigenvalue weighted by Gasteiger charge is -2.29. The van der Waals surface area contributed by atoms with Gasteiger partial charge in [-0.25, -0.2) is 9.59 Å². The zero-order valence-corrected chi connectivity index (χ0v) is 11.6. The highest BCUT2D eigenvalue weighted by Crippen LogP contribution is 2.21. The molecule has 2 amide bonds. The maximum atomic E-state index is 12.0. The molecule has 0 heterocycles. The van der Waals surface area contributed by atoms with Crippen molar-refractivity contribution in [1.82, 2.24) is 10.2 Å². The average molecular weight is 272 g/mol. The van der Waals surface area contributed by atoms with Gasteiger partial charge in [0.1, 0.15) is 0 Å². The summed E-state index contributed by atoms with van der Waals surface area (Å²) >= 11 is 0. The Kier molecular flexibility index (Phi) is 6.08. The van der Waals surface area contributed by atoms with Gasteiger partial charge in [-0.2, -0.15) is 0 Å². The summed E-state index contributed by atoms with van der Waals surface area (Å²) in [5, 5.41) is 20.7. The first-order valence-corrected chi connectivity index (χ1v) is 6.87. The molecule has 1 aliphatic carbocycles. The van der Waals surface area contributed by atoms with E-state index in [4.69, 9.17) is 5.11 Å². The number of amides is 2. The van der Waals surface area contributed by atoms with E-state index in [0.717, 1.165) is 25.7 Å². The van der Waals surface area contributed by atoms with E-state index < -0.39 is 24.1 Å². The van der Waals surface area contributed by atoms with Crippen LogP contribution < -0.4 is 5.32 Å². The van der Waals surface area contributed by atoms with Crippen molar-refractivity contribution in [2.45, 2.75) is 63.6 Å². The number of carboxylic acid groups (broad SMARTS) is 1. The number of carbonyl (C=O) groups excluding carboxylic acids is 1. The summed E-state index contributed by atoms with van der Waals surface area (Å²) in [6, 6.07) is -1.54. The van der Waals surface area contributed by atoms with Gasteiger partial charge in [-0.3, -0.25) is 0 Å². The third-order valence-corrected chi connectivity index (χ3v) is 3.72. The number of urea groups is 1. The van der Waals surface area contributed by atoms with Gasteiger partial charge in [0.2, 0.25) is 0 Å². The van der Waals surface area contributed by atoms with Crippen molar-refractivity contribution in [2.24, 2.45) is 0 Å². The highest BCUT2D eigenvalue weighted by atomic mass is 16.4. The van der Waals surface area contributed by atoms with Crippen LogP contribution in [0, 0.1) is 0 Å². The van der Waals surface area contributed by atoms with E-state index in [1.54, 1.807) is 11.9 Å². The van der Waals surface area contributed by atoms with Crippen molar-refractivity contribution >= 4 is 12.0 Å². The number of aliphatic carboxylic acids is 1. The molecule has 0 aliphatic heterocycles. The van der Waals surface area contributed by atoms with Gasteiger partial charge >= 0.3 is 12.0 Å². The Balaban J connectivity index is 2.57. The molecule has 0 aromatic carbocycles. The lowest BCUT2D eigenvalue weighted by atomic mass is 10.1. The third kappa shape index (κ3) is 4.70. The fourth-order valence-electron chi connectivity index (χ4n) is 2.43. The fraction of sp³-hybridized carbons (Fsp3) is 0.846. The molecule has 19 heavy (non-hydrogen) atoms. The van der Waals surface area contributed by atoms with Crippen LogP contribution in [0.25, 0.3) is 0 Å². The van der Waals surface area contributed by atoms with Crippen LogP contribution in [0.3, 0.4) is 0 Å². The van der Waals surface area contributed by atoms with E-state index >= 15 is 0 Å². The molecule has 2 atom stereocenters. The van der Waals surface area contributed by atoms with Gasteiger partial charge in [0.25, 0.3) is 0 Å². The molecule has 6 heteroatoms. The van der Waals surface area contributed by atoms with Gasteiger partial charge in [-0.15, -0.1) is 0 Å². The summed E-state index contributed by atoms with van der Waals surface area (Å²) in [6.07, 6.45) is 5.37. The summed E-state index contributed by atoms with van der Waals surface area (Å²) in [7, 11) is 1.69. The first-order valence-electron chi connectivity index (χ1n) is 6.87. The van der Waals surface area contributed by atoms with E-state index in [1.165, 1.54) is 19.8 Å². The van der Waals surface area contributed by atoms with Gasteiger partial charge in [-0.1, -0.05) is 25.7 Å². The van der Waals surface area contributed by atoms with Crippen molar-refractivity contribution in [3.05, 3.63) is 0 Å². The second-order valence-corrected chi connectivity index (χ2v) is 5.26. The number of nitrogens with one attached hydrogen (secondary N) is 1. The first-order chi connectivity index (χ1) is 8.93. The topological polar surface area (TPSA) is 89.9 Å². The monoisotopic (exact) mass is 272 g/mol. The maximum Gasteiger partial charge on any atom is 0.328 e. The summed E-state index contributed by atoms with van der Waals surface area (Å²) < 4.78 is 0. The van der Waals surface area contributed by atoms with Crippen LogP contribution in [0.5, 0.6) is 0 Å². The van der Waals surface area contributed by atoms with E-state index in [0.29, 0.717) is 0 Å². The number of nitrogens with zero attached hydrogens (tertiary/aromatic N) is 1. The molecule has 0 saturated heterocycles. The zero-order chi connectivity index (χ0) is 14.4. The van der Waals surface area contributed by atoms with Gasteiger partial charge in [0.15, 0.2) is 6.04 Å². The quantitative estimate of drug-likeness (QED) is 0.670. The van der Waals surface area contributed by atoms with Gasteiger partial charge in [-0.05, 0) is 19.8 Å². The summed E-state index contributed by atoms with van der Waals surface area (Å²) in [5.41, 5.74) is 0. The van der Waals surface area contributed by atoms with Crippen molar-refractivity contribution in [3.8, 4) is 0 Å². The molecule has 2 unspecified atom stereocenters. The molecular formula is C13H24N2O4. The SMILES string of the molecule is CC(O)C(NC(=O)N(C)C1CCCCCC1)C(=O)O. The molecule has 110 valence electrons. The number of hydrogen-bond acceptors (Lipinski definition) is 3. The molecule has 0 spiro atoms. The van der Waals surface area contributed by atoms with Crippen LogP contribution in [0.15, 0.2) is 0 Å². The van der Waals surface area contributed by atoms with Gasteiger partial charge in [0, 0.05) is 13.1 Å². The average Bonchev–Trinajstić information content (AvgIpc) is 2.62. The lowest BCUT2D eigenvalue weighted by molar-refractivity contribution is -0.141. The molecular weight excluding hydrogens is 248 g/mol. The zero-order valence-electron chi connectivity index (χ0n) is 11.6. The van der Waals surface area contributed by atoms with Gasteiger partial charge in [0.05, 0.1) is 6.10 Å². The molecule has 6 nitrogen and oxygen atoms in total. The Hall–Kier alpha value is -1.30. The first kappa shape index (κ1) is 15.8. The third-order valence-electron chi connectivity index (χ3n) is 3.72. The second kappa shape index (κ2) is 7.33. The predicted molar refractivity (Wildman–Crippen MR) is 70.9 cm³/mol. The second-order valence-electron chi connectivity index (χ2n) is 5.26. The number of hydrogen-bond donors (Lipinski definition) is 3. The highest BCUT2D eigenvalue weighted by Gasteiger charge is 2.28. The predicted octanol–water partition coefficient (Wildman–Crippen LogP) is 1.18. The van der Waals surface area contributed by atoms with E-state index in [2.05, 4.69) is 5.32 Å². The molecule has 1 rings (SSSR count). The molecule has 3 N–H and O–H groups in total. The Labute approximate surface area is 113 Å². The molecule has 0 aromatic rings. The largest absolute Gasteiger partial charge is 0.480 e. The van der Waals surface area contributed by atoms with Crippen molar-refractivity contribution in [2.75, 3.05) is 7.05 Å². The number of aliphatic hydroxyl groups is 1. The Morgan fingerprint density at radius 2 is 1.74 bits per heavy atom. The summed E-state index contributed by atoms with van der Waals surface area (Å²) in [5.74, 6) is -1.22. The molecule has 0 aromatic heterocycles. The minimum Gasteiger partial charge on any atom is -0.480 e. The minimum atomic E-state index is -1.26. The molecule has 1 fully saturated rings. The fourth-order valence-corrected chi connectivity index (χ4v) is 2.43. The van der Waals surface area contributed by atoms with E-state index in [9.17, 15) is 14.7 Å². The van der Waals surface area contributed by atoms with Crippen LogP contribution in [0.2, 0.25) is 0 Å². The van der Waals surface area contributed by atoms with E-state index in [1.807, 2.05) is 0 Å². The summed E-state index contributed by atoms with van der Waals surface area (Å²) in [6.45, 7) is 1.35. The van der Waals surface area contributed by atoms with Crippen molar-refractivity contribution in [3.63, 3.8) is 0 Å². The maximum absolute atomic E-state index is 12.0. The standard InChI is InChI=1S/C13H24N2O4/c1-9(16)11(12(17)18)14-13(19)15(2)10-7-5-3-4-6-8-10/h9-11,16H,3-8H2,1-2H3,(H,14,19)(H,17,18). The van der Waals surface area contributed by atoms with Crippen LogP contribution in [0.1, 0.15) is 45.4 Å².